The molecule has 1 heterocycles. The third-order valence-corrected chi connectivity index (χ3v) is 2.72. The molecule has 0 aliphatic rings. The van der Waals surface area contributed by atoms with E-state index in [0.29, 0.717) is 16.2 Å². The highest BCUT2D eigenvalue weighted by Gasteiger charge is 2.05. The molecule has 82 valence electrons. The number of ether oxygens (including phenoxy) is 1. The zero-order chi connectivity index (χ0) is 11.5. The van der Waals surface area contributed by atoms with Crippen molar-refractivity contribution in [3.63, 3.8) is 0 Å². The number of benzene rings is 1. The van der Waals surface area contributed by atoms with Crippen LogP contribution in [0.3, 0.4) is 0 Å². The van der Waals surface area contributed by atoms with E-state index in [0.717, 1.165) is 23.5 Å². The van der Waals surface area contributed by atoms with Crippen LogP contribution in [0, 0.1) is 11.6 Å². The zero-order valence-electron chi connectivity index (χ0n) is 7.94. The van der Waals surface area contributed by atoms with Crippen LogP contribution in [0.1, 0.15) is 9.67 Å². The van der Waals surface area contributed by atoms with Crippen LogP contribution in [0.4, 0.5) is 8.78 Å². The second kappa shape index (κ2) is 4.40. The summed E-state index contributed by atoms with van der Waals surface area (Å²) < 4.78 is 30.7. The van der Waals surface area contributed by atoms with E-state index >= 15 is 0 Å². The van der Waals surface area contributed by atoms with Gasteiger partial charge in [-0.25, -0.2) is 8.78 Å². The Bertz CT molecular complexity index is 522. The summed E-state index contributed by atoms with van der Waals surface area (Å²) in [4.78, 5) is 10.9. The molecule has 0 N–H and O–H groups in total. The van der Waals surface area contributed by atoms with Crippen LogP contribution in [0.5, 0.6) is 10.8 Å². The standard InChI is InChI=1S/C11H6F2O2S/c12-9-3-1-7(5-10(9)13)15-11-4-2-8(6-14)16-11/h1-6H. The van der Waals surface area contributed by atoms with Crippen LogP contribution in [-0.4, -0.2) is 6.29 Å². The highest BCUT2D eigenvalue weighted by molar-refractivity contribution is 7.15. The van der Waals surface area contributed by atoms with Gasteiger partial charge in [-0.15, -0.1) is 0 Å². The molecule has 0 atom stereocenters. The number of carbonyl (C=O) groups is 1. The minimum Gasteiger partial charge on any atom is -0.447 e. The van der Waals surface area contributed by atoms with Crippen molar-refractivity contribution in [3.05, 3.63) is 46.8 Å². The van der Waals surface area contributed by atoms with Crippen molar-refractivity contribution in [2.24, 2.45) is 0 Å². The molecule has 2 rings (SSSR count). The van der Waals surface area contributed by atoms with E-state index < -0.39 is 11.6 Å². The molecule has 2 nitrogen and oxygen atoms in total. The molecule has 1 aromatic carbocycles. The molecule has 1 aromatic heterocycles. The number of hydrogen-bond acceptors (Lipinski definition) is 3. The number of thiophene rings is 1. The largest absolute Gasteiger partial charge is 0.447 e. The lowest BCUT2D eigenvalue weighted by atomic mass is 10.3. The number of carbonyl (C=O) groups excluding carboxylic acids is 1. The van der Waals surface area contributed by atoms with Crippen LogP contribution in [0.2, 0.25) is 0 Å². The molecule has 0 saturated carbocycles. The van der Waals surface area contributed by atoms with E-state index in [1.165, 1.54) is 6.07 Å². The molecule has 0 amide bonds. The minimum atomic E-state index is -0.968. The minimum absolute atomic E-state index is 0.193. The van der Waals surface area contributed by atoms with Gasteiger partial charge in [-0.2, -0.15) is 0 Å². The van der Waals surface area contributed by atoms with Gasteiger partial charge in [0.1, 0.15) is 5.75 Å². The molecule has 0 spiro atoms. The van der Waals surface area contributed by atoms with Crippen molar-refractivity contribution in [3.8, 4) is 10.8 Å². The summed E-state index contributed by atoms with van der Waals surface area (Å²) in [5.41, 5.74) is 0. The maximum atomic E-state index is 12.8. The Morgan fingerprint density at radius 2 is 1.94 bits per heavy atom. The average Bonchev–Trinajstić information content (AvgIpc) is 2.71. The quantitative estimate of drug-likeness (QED) is 0.766. The Hall–Kier alpha value is -1.75. The second-order valence-electron chi connectivity index (χ2n) is 2.95. The molecule has 0 unspecified atom stereocenters. The summed E-state index contributed by atoms with van der Waals surface area (Å²) >= 11 is 1.13. The van der Waals surface area contributed by atoms with Gasteiger partial charge in [0.2, 0.25) is 0 Å². The maximum Gasteiger partial charge on any atom is 0.181 e. The summed E-state index contributed by atoms with van der Waals surface area (Å²) in [6.07, 6.45) is 0.697. The van der Waals surface area contributed by atoms with Gasteiger partial charge in [0.05, 0.1) is 4.88 Å². The van der Waals surface area contributed by atoms with E-state index in [-0.39, 0.29) is 5.75 Å². The van der Waals surface area contributed by atoms with Gasteiger partial charge in [0.15, 0.2) is 23.0 Å². The van der Waals surface area contributed by atoms with Crippen LogP contribution in [0.15, 0.2) is 30.3 Å². The first-order valence-electron chi connectivity index (χ1n) is 4.37. The van der Waals surface area contributed by atoms with E-state index in [9.17, 15) is 13.6 Å². The summed E-state index contributed by atoms with van der Waals surface area (Å²) in [7, 11) is 0. The van der Waals surface area contributed by atoms with Crippen molar-refractivity contribution in [2.75, 3.05) is 0 Å². The van der Waals surface area contributed by atoms with Crippen molar-refractivity contribution >= 4 is 17.6 Å². The fraction of sp³-hybridized carbons (Fsp3) is 0. The van der Waals surface area contributed by atoms with E-state index in [1.807, 2.05) is 0 Å². The predicted molar refractivity (Wildman–Crippen MR) is 56.1 cm³/mol. The third kappa shape index (κ3) is 2.25. The molecule has 0 aliphatic heterocycles. The van der Waals surface area contributed by atoms with Crippen molar-refractivity contribution in [1.82, 2.24) is 0 Å². The molecule has 0 radical (unpaired) electrons. The van der Waals surface area contributed by atoms with Crippen LogP contribution in [-0.2, 0) is 0 Å². The third-order valence-electron chi connectivity index (χ3n) is 1.83. The van der Waals surface area contributed by atoms with Gasteiger partial charge in [0.25, 0.3) is 0 Å². The summed E-state index contributed by atoms with van der Waals surface area (Å²) in [5.74, 6) is -1.70. The number of halogens is 2. The first-order valence-corrected chi connectivity index (χ1v) is 5.18. The lowest BCUT2D eigenvalue weighted by Gasteiger charge is -2.02. The number of rotatable bonds is 3. The smallest absolute Gasteiger partial charge is 0.181 e. The molecule has 0 bridgehead atoms. The Morgan fingerprint density at radius 1 is 1.12 bits per heavy atom. The molecule has 0 aliphatic carbocycles. The number of aldehydes is 1. The molecule has 16 heavy (non-hydrogen) atoms. The summed E-state index contributed by atoms with van der Waals surface area (Å²) in [6.45, 7) is 0. The topological polar surface area (TPSA) is 26.3 Å². The van der Waals surface area contributed by atoms with Crippen molar-refractivity contribution in [2.45, 2.75) is 0 Å². The molecular formula is C11H6F2O2S. The lowest BCUT2D eigenvalue weighted by molar-refractivity contribution is 0.112. The fourth-order valence-electron chi connectivity index (χ4n) is 1.11. The first kappa shape index (κ1) is 10.8. The van der Waals surface area contributed by atoms with Crippen molar-refractivity contribution < 1.29 is 18.3 Å². The Morgan fingerprint density at radius 3 is 2.56 bits per heavy atom. The SMILES string of the molecule is O=Cc1ccc(Oc2ccc(F)c(F)c2)s1. The Kier molecular flexibility index (Phi) is 2.96. The van der Waals surface area contributed by atoms with E-state index in [1.54, 1.807) is 12.1 Å². The highest BCUT2D eigenvalue weighted by atomic mass is 32.1. The molecule has 0 fully saturated rings. The predicted octanol–water partition coefficient (Wildman–Crippen LogP) is 3.63. The van der Waals surface area contributed by atoms with Crippen LogP contribution >= 0.6 is 11.3 Å². The van der Waals surface area contributed by atoms with Gasteiger partial charge < -0.3 is 4.74 Å². The molecular weight excluding hydrogens is 234 g/mol. The Balaban J connectivity index is 2.20. The van der Waals surface area contributed by atoms with Crippen LogP contribution in [0.25, 0.3) is 0 Å². The maximum absolute atomic E-state index is 12.8. The summed E-state index contributed by atoms with van der Waals surface area (Å²) in [6, 6.07) is 6.44. The average molecular weight is 240 g/mol. The van der Waals surface area contributed by atoms with Gasteiger partial charge >= 0.3 is 0 Å². The highest BCUT2D eigenvalue weighted by Crippen LogP contribution is 2.29. The lowest BCUT2D eigenvalue weighted by Crippen LogP contribution is -1.86. The molecule has 0 saturated heterocycles. The monoisotopic (exact) mass is 240 g/mol. The fourth-order valence-corrected chi connectivity index (χ4v) is 1.80. The number of hydrogen-bond donors (Lipinski definition) is 0. The Labute approximate surface area is 94.1 Å². The van der Waals surface area contributed by atoms with Gasteiger partial charge in [-0.05, 0) is 24.3 Å². The second-order valence-corrected chi connectivity index (χ2v) is 4.03. The van der Waals surface area contributed by atoms with Gasteiger partial charge in [0, 0.05) is 6.07 Å². The van der Waals surface area contributed by atoms with E-state index in [2.05, 4.69) is 0 Å². The summed E-state index contributed by atoms with van der Waals surface area (Å²) in [5, 5.41) is 0.452. The zero-order valence-corrected chi connectivity index (χ0v) is 8.76. The first-order chi connectivity index (χ1) is 7.69. The molecule has 2 aromatic rings. The van der Waals surface area contributed by atoms with Crippen LogP contribution < -0.4 is 4.74 Å². The molecule has 5 heteroatoms. The normalized spacial score (nSPS) is 10.1. The van der Waals surface area contributed by atoms with Crippen molar-refractivity contribution in [1.29, 1.82) is 0 Å². The van der Waals surface area contributed by atoms with Gasteiger partial charge in [-0.1, -0.05) is 11.3 Å². The van der Waals surface area contributed by atoms with E-state index in [4.69, 9.17) is 4.74 Å². The van der Waals surface area contributed by atoms with Gasteiger partial charge in [-0.3, -0.25) is 4.79 Å².